The fraction of sp³-hybridized carbons (Fsp3) is 0.444. The van der Waals surface area contributed by atoms with Crippen LogP contribution in [0.4, 0.5) is 5.82 Å². The summed E-state index contributed by atoms with van der Waals surface area (Å²) in [7, 11) is 1.90. The normalized spacial score (nSPS) is 14.2. The largest absolute Gasteiger partial charge is 0.465 e. The maximum atomic E-state index is 9.20. The molecule has 0 amide bonds. The second kappa shape index (κ2) is 7.25. The molecule has 140 valence electrons. The van der Waals surface area contributed by atoms with Gasteiger partial charge in [-0.3, -0.25) is 4.57 Å². The third-order valence-electron chi connectivity index (χ3n) is 4.31. The summed E-state index contributed by atoms with van der Waals surface area (Å²) in [6.45, 7) is 13.8. The number of fused-ring (bicyclic) bond motifs is 1. The van der Waals surface area contributed by atoms with E-state index >= 15 is 0 Å². The minimum absolute atomic E-state index is 0.104. The zero-order valence-electron chi connectivity index (χ0n) is 15.5. The molecule has 26 heavy (non-hydrogen) atoms. The minimum Gasteiger partial charge on any atom is -0.465 e. The van der Waals surface area contributed by atoms with Crippen LogP contribution in [0.1, 0.15) is 30.7 Å². The minimum atomic E-state index is 0.104. The lowest BCUT2D eigenvalue weighted by molar-refractivity contribution is 0.271. The molecule has 0 radical (unpaired) electrons. The van der Waals surface area contributed by atoms with Crippen LogP contribution >= 0.6 is 0 Å². The molecule has 3 heterocycles. The van der Waals surface area contributed by atoms with Crippen LogP contribution in [0.2, 0.25) is 0 Å². The van der Waals surface area contributed by atoms with Crippen molar-refractivity contribution in [2.75, 3.05) is 31.7 Å². The molecule has 0 bridgehead atoms. The van der Waals surface area contributed by atoms with E-state index < -0.39 is 0 Å². The quantitative estimate of drug-likeness (QED) is 0.812. The molecule has 0 saturated heterocycles. The molecule has 0 saturated carbocycles. The van der Waals surface area contributed by atoms with E-state index in [0.717, 1.165) is 28.8 Å². The maximum Gasteiger partial charge on any atom is 0.299 e. The van der Waals surface area contributed by atoms with Crippen LogP contribution in [-0.2, 0) is 6.54 Å². The van der Waals surface area contributed by atoms with Gasteiger partial charge in [0.1, 0.15) is 23.8 Å². The fourth-order valence-corrected chi connectivity index (χ4v) is 3.01. The number of aliphatic hydroxyl groups is 1. The Morgan fingerprint density at radius 2 is 2.12 bits per heavy atom. The summed E-state index contributed by atoms with van der Waals surface area (Å²) >= 11 is 0. The van der Waals surface area contributed by atoms with Gasteiger partial charge < -0.3 is 24.1 Å². The molecule has 2 aromatic heterocycles. The number of anilines is 1. The molecule has 0 unspecified atom stereocenters. The number of rotatable bonds is 7. The summed E-state index contributed by atoms with van der Waals surface area (Å²) < 4.78 is 13.3. The Morgan fingerprint density at radius 1 is 1.35 bits per heavy atom. The Bertz CT molecular complexity index is 823. The lowest BCUT2D eigenvalue weighted by Gasteiger charge is -2.38. The van der Waals surface area contributed by atoms with Crippen molar-refractivity contribution in [3.05, 3.63) is 42.5 Å². The van der Waals surface area contributed by atoms with Gasteiger partial charge in [-0.25, -0.2) is 4.98 Å². The van der Waals surface area contributed by atoms with E-state index in [1.54, 1.807) is 6.20 Å². The second-order valence-electron chi connectivity index (χ2n) is 6.10. The monoisotopic (exact) mass is 359 g/mol. The predicted molar refractivity (Wildman–Crippen MR) is 98.7 cm³/mol. The van der Waals surface area contributed by atoms with E-state index in [2.05, 4.69) is 23.1 Å². The van der Waals surface area contributed by atoms with Crippen molar-refractivity contribution in [1.29, 1.82) is 0 Å². The first kappa shape index (κ1) is 18.1. The first-order valence-corrected chi connectivity index (χ1v) is 8.62. The SMILES string of the molecule is C=C1c2c(nc(OCC)n2Cc2ncc(C)o2)N(C)C(=C)N1CCCO. The number of oxazole rings is 1. The number of aromatic nitrogens is 3. The molecular weight excluding hydrogens is 334 g/mol. The van der Waals surface area contributed by atoms with E-state index in [0.29, 0.717) is 38.0 Å². The van der Waals surface area contributed by atoms with Gasteiger partial charge in [0.05, 0.1) is 18.5 Å². The predicted octanol–water partition coefficient (Wildman–Crippen LogP) is 2.20. The van der Waals surface area contributed by atoms with Gasteiger partial charge in [0.2, 0.25) is 5.89 Å². The average molecular weight is 359 g/mol. The summed E-state index contributed by atoms with van der Waals surface area (Å²) in [6.07, 6.45) is 2.31. The van der Waals surface area contributed by atoms with Crippen molar-refractivity contribution in [3.63, 3.8) is 0 Å². The number of aliphatic hydroxyl groups excluding tert-OH is 1. The van der Waals surface area contributed by atoms with Gasteiger partial charge in [0.25, 0.3) is 6.01 Å². The summed E-state index contributed by atoms with van der Waals surface area (Å²) in [4.78, 5) is 12.8. The summed E-state index contributed by atoms with van der Waals surface area (Å²) in [5.74, 6) is 2.81. The van der Waals surface area contributed by atoms with Gasteiger partial charge in [-0.1, -0.05) is 13.2 Å². The Kier molecular flexibility index (Phi) is 5.03. The summed E-state index contributed by atoms with van der Waals surface area (Å²) in [6, 6.07) is 0.484. The van der Waals surface area contributed by atoms with Gasteiger partial charge in [-0.15, -0.1) is 0 Å². The zero-order valence-corrected chi connectivity index (χ0v) is 15.5. The second-order valence-corrected chi connectivity index (χ2v) is 6.10. The van der Waals surface area contributed by atoms with Crippen molar-refractivity contribution in [1.82, 2.24) is 19.4 Å². The molecule has 1 N–H and O–H groups in total. The summed E-state index contributed by atoms with van der Waals surface area (Å²) in [5, 5.41) is 9.20. The lowest BCUT2D eigenvalue weighted by Crippen LogP contribution is -2.37. The lowest BCUT2D eigenvalue weighted by atomic mass is 10.2. The topological polar surface area (TPSA) is 79.8 Å². The molecule has 0 aromatic carbocycles. The number of hydrogen-bond acceptors (Lipinski definition) is 7. The zero-order chi connectivity index (χ0) is 18.8. The first-order valence-electron chi connectivity index (χ1n) is 8.62. The van der Waals surface area contributed by atoms with E-state index in [4.69, 9.17) is 9.15 Å². The molecule has 8 nitrogen and oxygen atoms in total. The van der Waals surface area contributed by atoms with Gasteiger partial charge in [-0.2, -0.15) is 4.98 Å². The number of imidazole rings is 1. The molecule has 0 spiro atoms. The average Bonchev–Trinajstić information content (AvgIpc) is 3.18. The molecule has 1 aliphatic heterocycles. The van der Waals surface area contributed by atoms with Crippen LogP contribution in [0, 0.1) is 6.92 Å². The molecular formula is C18H25N5O3. The van der Waals surface area contributed by atoms with Gasteiger partial charge >= 0.3 is 0 Å². The van der Waals surface area contributed by atoms with Crippen LogP contribution in [0.15, 0.2) is 29.6 Å². The van der Waals surface area contributed by atoms with Gasteiger partial charge in [0.15, 0.2) is 5.82 Å². The molecule has 1 aliphatic rings. The molecule has 3 rings (SSSR count). The smallest absolute Gasteiger partial charge is 0.299 e. The van der Waals surface area contributed by atoms with Crippen molar-refractivity contribution >= 4 is 11.5 Å². The Morgan fingerprint density at radius 3 is 2.73 bits per heavy atom. The first-order chi connectivity index (χ1) is 12.5. The van der Waals surface area contributed by atoms with Gasteiger partial charge in [0, 0.05) is 20.2 Å². The molecule has 0 fully saturated rings. The molecule has 0 aliphatic carbocycles. The van der Waals surface area contributed by atoms with Crippen LogP contribution in [0.3, 0.4) is 0 Å². The van der Waals surface area contributed by atoms with Crippen LogP contribution in [0.5, 0.6) is 6.01 Å². The highest BCUT2D eigenvalue weighted by Crippen LogP contribution is 2.40. The van der Waals surface area contributed by atoms with E-state index in [1.807, 2.05) is 35.3 Å². The molecule has 0 atom stereocenters. The van der Waals surface area contributed by atoms with Crippen LogP contribution in [-0.4, -0.2) is 51.3 Å². The molecule has 8 heteroatoms. The Hall–Kier alpha value is -2.74. The Labute approximate surface area is 153 Å². The van der Waals surface area contributed by atoms with Crippen LogP contribution < -0.4 is 9.64 Å². The van der Waals surface area contributed by atoms with Crippen molar-refractivity contribution in [2.24, 2.45) is 0 Å². The number of hydrogen-bond donors (Lipinski definition) is 1. The third-order valence-corrected chi connectivity index (χ3v) is 4.31. The highest BCUT2D eigenvalue weighted by molar-refractivity contribution is 5.77. The van der Waals surface area contributed by atoms with Crippen molar-refractivity contribution in [2.45, 2.75) is 26.8 Å². The fourth-order valence-electron chi connectivity index (χ4n) is 3.01. The maximum absolute atomic E-state index is 9.20. The molecule has 2 aromatic rings. The highest BCUT2D eigenvalue weighted by atomic mass is 16.5. The number of ether oxygens (including phenoxy) is 1. The number of nitrogens with zero attached hydrogens (tertiary/aromatic N) is 5. The van der Waals surface area contributed by atoms with Gasteiger partial charge in [-0.05, 0) is 20.3 Å². The third kappa shape index (κ3) is 3.08. The Balaban J connectivity index is 2.06. The standard InChI is InChI=1S/C18H25N5O3/c1-6-25-18-20-17-16(23(18)11-15-19-10-12(2)26-15)13(3)22(8-7-9-24)14(4)21(17)5/h10,24H,3-4,6-9,11H2,1-2,5H3. The van der Waals surface area contributed by atoms with E-state index in [1.165, 1.54) is 0 Å². The van der Waals surface area contributed by atoms with Crippen molar-refractivity contribution in [3.8, 4) is 6.01 Å². The van der Waals surface area contributed by atoms with E-state index in [9.17, 15) is 5.11 Å². The van der Waals surface area contributed by atoms with Crippen molar-refractivity contribution < 1.29 is 14.3 Å². The number of aryl methyl sites for hydroxylation is 1. The van der Waals surface area contributed by atoms with Crippen LogP contribution in [0.25, 0.3) is 5.70 Å². The highest BCUT2D eigenvalue weighted by Gasteiger charge is 2.33. The van der Waals surface area contributed by atoms with E-state index in [-0.39, 0.29) is 6.61 Å². The summed E-state index contributed by atoms with van der Waals surface area (Å²) in [5.41, 5.74) is 1.59.